The van der Waals surface area contributed by atoms with E-state index >= 15 is 0 Å². The molecule has 0 bridgehead atoms. The molecule has 1 aromatic rings. The van der Waals surface area contributed by atoms with Crippen LogP contribution in [0.5, 0.6) is 5.75 Å². The molecule has 13 heavy (non-hydrogen) atoms. The van der Waals surface area contributed by atoms with E-state index in [1.807, 2.05) is 0 Å². The van der Waals surface area contributed by atoms with Gasteiger partial charge in [-0.2, -0.15) is 0 Å². The minimum atomic E-state index is -0.812. The van der Waals surface area contributed by atoms with E-state index in [-0.39, 0.29) is 5.03 Å². The van der Waals surface area contributed by atoms with Gasteiger partial charge in [0.1, 0.15) is 11.9 Å². The van der Waals surface area contributed by atoms with Crippen LogP contribution in [0.25, 0.3) is 0 Å². The fraction of sp³-hybridized carbons (Fsp3) is 0.200. The monoisotopic (exact) mass is 198 g/mol. The minimum Gasteiger partial charge on any atom is -0.497 e. The lowest BCUT2D eigenvalue weighted by atomic mass is 10.1. The molecule has 0 saturated carbocycles. The predicted molar refractivity (Wildman–Crippen MR) is 52.9 cm³/mol. The Balaban J connectivity index is 2.85. The Bertz CT molecular complexity index is 292. The van der Waals surface area contributed by atoms with Crippen LogP contribution in [0.3, 0.4) is 0 Å². The second kappa shape index (κ2) is 4.30. The summed E-state index contributed by atoms with van der Waals surface area (Å²) in [6, 6.07) is 7.02. The van der Waals surface area contributed by atoms with Gasteiger partial charge in [0.05, 0.1) is 7.11 Å². The number of halogens is 1. The average Bonchev–Trinajstić information content (AvgIpc) is 2.17. The molecule has 0 amide bonds. The molecule has 1 N–H and O–H groups in total. The number of ether oxygens (including phenoxy) is 1. The van der Waals surface area contributed by atoms with E-state index in [0.29, 0.717) is 5.56 Å². The second-order valence-corrected chi connectivity index (χ2v) is 3.11. The lowest BCUT2D eigenvalue weighted by Gasteiger charge is -2.09. The maximum absolute atomic E-state index is 9.49. The molecule has 0 aliphatic rings. The summed E-state index contributed by atoms with van der Waals surface area (Å²) >= 11 is 5.56. The van der Waals surface area contributed by atoms with Gasteiger partial charge in [-0.1, -0.05) is 30.3 Å². The molecule has 0 heterocycles. The summed E-state index contributed by atoms with van der Waals surface area (Å²) in [6.45, 7) is 3.46. The molecule has 3 heteroatoms. The normalized spacial score (nSPS) is 12.2. The van der Waals surface area contributed by atoms with E-state index in [1.165, 1.54) is 0 Å². The number of benzene rings is 1. The molecule has 1 rings (SSSR count). The predicted octanol–water partition coefficient (Wildman–Crippen LogP) is 2.48. The summed E-state index contributed by atoms with van der Waals surface area (Å²) in [4.78, 5) is 0. The molecular weight excluding hydrogens is 188 g/mol. The Morgan fingerprint density at radius 2 is 2.00 bits per heavy atom. The third-order valence-corrected chi connectivity index (χ3v) is 1.93. The molecule has 0 saturated heterocycles. The van der Waals surface area contributed by atoms with Gasteiger partial charge in [0.25, 0.3) is 0 Å². The lowest BCUT2D eigenvalue weighted by molar-refractivity contribution is 0.224. The number of hydrogen-bond donors (Lipinski definition) is 1. The Morgan fingerprint density at radius 1 is 1.46 bits per heavy atom. The highest BCUT2D eigenvalue weighted by Crippen LogP contribution is 2.24. The van der Waals surface area contributed by atoms with Gasteiger partial charge >= 0.3 is 0 Å². The van der Waals surface area contributed by atoms with Crippen LogP contribution in [0.4, 0.5) is 0 Å². The summed E-state index contributed by atoms with van der Waals surface area (Å²) in [5, 5.41) is 9.70. The van der Waals surface area contributed by atoms with Gasteiger partial charge in [0.2, 0.25) is 0 Å². The fourth-order valence-electron chi connectivity index (χ4n) is 0.967. The van der Waals surface area contributed by atoms with Crippen molar-refractivity contribution < 1.29 is 9.84 Å². The van der Waals surface area contributed by atoms with Crippen molar-refractivity contribution in [3.63, 3.8) is 0 Å². The van der Waals surface area contributed by atoms with E-state index in [4.69, 9.17) is 16.3 Å². The largest absolute Gasteiger partial charge is 0.497 e. The number of rotatable bonds is 3. The van der Waals surface area contributed by atoms with Crippen molar-refractivity contribution in [2.75, 3.05) is 7.11 Å². The van der Waals surface area contributed by atoms with Crippen molar-refractivity contribution in [3.05, 3.63) is 41.4 Å². The van der Waals surface area contributed by atoms with E-state index in [1.54, 1.807) is 31.4 Å². The van der Waals surface area contributed by atoms with Crippen molar-refractivity contribution in [1.82, 2.24) is 0 Å². The smallest absolute Gasteiger partial charge is 0.118 e. The van der Waals surface area contributed by atoms with Gasteiger partial charge in [0, 0.05) is 5.03 Å². The maximum atomic E-state index is 9.49. The third-order valence-electron chi connectivity index (χ3n) is 1.73. The van der Waals surface area contributed by atoms with Crippen LogP contribution < -0.4 is 4.74 Å². The van der Waals surface area contributed by atoms with E-state index < -0.39 is 6.10 Å². The molecule has 0 radical (unpaired) electrons. The maximum Gasteiger partial charge on any atom is 0.118 e. The van der Waals surface area contributed by atoms with Crippen LogP contribution in [0, 0.1) is 0 Å². The first-order valence-electron chi connectivity index (χ1n) is 3.81. The summed E-state index contributed by atoms with van der Waals surface area (Å²) < 4.78 is 4.97. The number of aliphatic hydroxyl groups is 1. The summed E-state index contributed by atoms with van der Waals surface area (Å²) in [5.74, 6) is 0.746. The highest BCUT2D eigenvalue weighted by Gasteiger charge is 2.08. The number of hydrogen-bond acceptors (Lipinski definition) is 2. The Morgan fingerprint density at radius 3 is 2.38 bits per heavy atom. The molecule has 0 aromatic heterocycles. The van der Waals surface area contributed by atoms with Gasteiger partial charge in [-0.15, -0.1) is 0 Å². The van der Waals surface area contributed by atoms with Crippen LogP contribution in [-0.2, 0) is 0 Å². The Kier molecular flexibility index (Phi) is 3.34. The number of aliphatic hydroxyl groups excluding tert-OH is 1. The van der Waals surface area contributed by atoms with Crippen LogP contribution in [0.2, 0.25) is 0 Å². The van der Waals surface area contributed by atoms with Gasteiger partial charge in [-0.25, -0.2) is 0 Å². The number of methoxy groups -OCH3 is 1. The van der Waals surface area contributed by atoms with Crippen molar-refractivity contribution in [1.29, 1.82) is 0 Å². The van der Waals surface area contributed by atoms with Crippen LogP contribution in [0.15, 0.2) is 35.9 Å². The molecule has 0 fully saturated rings. The highest BCUT2D eigenvalue weighted by molar-refractivity contribution is 6.29. The molecule has 1 unspecified atom stereocenters. The van der Waals surface area contributed by atoms with Crippen molar-refractivity contribution >= 4 is 11.6 Å². The van der Waals surface area contributed by atoms with E-state index in [0.717, 1.165) is 5.75 Å². The zero-order valence-corrected chi connectivity index (χ0v) is 8.08. The first-order chi connectivity index (χ1) is 6.15. The van der Waals surface area contributed by atoms with Gasteiger partial charge in [-0.05, 0) is 17.7 Å². The molecule has 70 valence electrons. The molecule has 0 aliphatic carbocycles. The van der Waals surface area contributed by atoms with Crippen molar-refractivity contribution in [3.8, 4) is 5.75 Å². The Hall–Kier alpha value is -0.990. The molecule has 0 spiro atoms. The minimum absolute atomic E-state index is 0.213. The van der Waals surface area contributed by atoms with Gasteiger partial charge < -0.3 is 9.84 Å². The van der Waals surface area contributed by atoms with E-state index in [2.05, 4.69) is 6.58 Å². The summed E-state index contributed by atoms with van der Waals surface area (Å²) in [6.07, 6.45) is -0.812. The third kappa shape index (κ3) is 2.47. The topological polar surface area (TPSA) is 29.5 Å². The second-order valence-electron chi connectivity index (χ2n) is 2.62. The van der Waals surface area contributed by atoms with Gasteiger partial charge in [0.15, 0.2) is 0 Å². The van der Waals surface area contributed by atoms with E-state index in [9.17, 15) is 5.11 Å². The SMILES string of the molecule is C=C(Cl)C(O)c1ccc(OC)cc1. The van der Waals surface area contributed by atoms with Crippen LogP contribution in [-0.4, -0.2) is 12.2 Å². The molecular formula is C10H11ClO2. The first-order valence-corrected chi connectivity index (χ1v) is 4.19. The van der Waals surface area contributed by atoms with Gasteiger partial charge in [-0.3, -0.25) is 0 Å². The van der Waals surface area contributed by atoms with Crippen LogP contribution >= 0.6 is 11.6 Å². The fourth-order valence-corrected chi connectivity index (χ4v) is 1.09. The molecule has 1 aromatic carbocycles. The standard InChI is InChI=1S/C10H11ClO2/c1-7(11)10(12)8-3-5-9(13-2)6-4-8/h3-6,10,12H,1H2,2H3. The van der Waals surface area contributed by atoms with Crippen molar-refractivity contribution in [2.45, 2.75) is 6.10 Å². The summed E-state index contributed by atoms with van der Waals surface area (Å²) in [5.41, 5.74) is 0.709. The Labute approximate surface area is 82.4 Å². The quantitative estimate of drug-likeness (QED) is 0.809. The van der Waals surface area contributed by atoms with Crippen LogP contribution in [0.1, 0.15) is 11.7 Å². The first kappa shape index (κ1) is 10.1. The highest BCUT2D eigenvalue weighted by atomic mass is 35.5. The summed E-state index contributed by atoms with van der Waals surface area (Å²) in [7, 11) is 1.59. The lowest BCUT2D eigenvalue weighted by Crippen LogP contribution is -1.96. The van der Waals surface area contributed by atoms with Crippen molar-refractivity contribution in [2.24, 2.45) is 0 Å². The average molecular weight is 199 g/mol. The molecule has 0 aliphatic heterocycles. The molecule has 1 atom stereocenters. The zero-order valence-electron chi connectivity index (χ0n) is 7.33. The molecule has 2 nitrogen and oxygen atoms in total. The zero-order chi connectivity index (χ0) is 9.84.